The molecule has 0 bridgehead atoms. The van der Waals surface area contributed by atoms with Gasteiger partial charge >= 0.3 is 6.09 Å². The van der Waals surface area contributed by atoms with Gasteiger partial charge in [0.2, 0.25) is 5.78 Å². The van der Waals surface area contributed by atoms with Gasteiger partial charge in [0.1, 0.15) is 0 Å². The van der Waals surface area contributed by atoms with Gasteiger partial charge in [0, 0.05) is 23.7 Å². The number of nitrogens with zero attached hydrogens (tertiary/aromatic N) is 1. The van der Waals surface area contributed by atoms with Crippen LogP contribution in [0.3, 0.4) is 0 Å². The molecule has 0 fully saturated rings. The van der Waals surface area contributed by atoms with E-state index >= 15 is 0 Å². The highest BCUT2D eigenvalue weighted by atomic mass is 16.7. The van der Waals surface area contributed by atoms with E-state index in [9.17, 15) is 9.59 Å². The third-order valence-electron chi connectivity index (χ3n) is 5.67. The summed E-state index contributed by atoms with van der Waals surface area (Å²) in [5.41, 5.74) is 0.550. The van der Waals surface area contributed by atoms with E-state index < -0.39 is 11.7 Å². The number of nitrogens with one attached hydrogen (secondary N) is 1. The first kappa shape index (κ1) is 24.2. The molecule has 3 rings (SSSR count). The lowest BCUT2D eigenvalue weighted by Crippen LogP contribution is -2.30. The van der Waals surface area contributed by atoms with Crippen LogP contribution in [0.1, 0.15) is 63.5 Å². The van der Waals surface area contributed by atoms with Gasteiger partial charge in [-0.2, -0.15) is 0 Å². The van der Waals surface area contributed by atoms with Gasteiger partial charge in [-0.25, -0.2) is 4.79 Å². The Hall–Kier alpha value is -3.41. The Morgan fingerprint density at radius 3 is 2.30 bits per heavy atom. The van der Waals surface area contributed by atoms with Gasteiger partial charge in [0.25, 0.3) is 0 Å². The van der Waals surface area contributed by atoms with Crippen LogP contribution in [0.25, 0.3) is 0 Å². The number of amides is 1. The predicted molar refractivity (Wildman–Crippen MR) is 129 cm³/mol. The van der Waals surface area contributed by atoms with Crippen LogP contribution >= 0.6 is 0 Å². The van der Waals surface area contributed by atoms with E-state index in [1.54, 1.807) is 6.92 Å². The molecule has 0 spiro atoms. The molecular formula is C27H32N2O4. The van der Waals surface area contributed by atoms with Crippen molar-refractivity contribution in [1.82, 2.24) is 5.32 Å². The lowest BCUT2D eigenvalue weighted by Gasteiger charge is -2.24. The van der Waals surface area contributed by atoms with Crippen molar-refractivity contribution in [2.24, 2.45) is 5.16 Å². The minimum atomic E-state index is -1.16. The number of rotatable bonds is 11. The van der Waals surface area contributed by atoms with Crippen LogP contribution in [0.4, 0.5) is 4.79 Å². The Kier molecular flexibility index (Phi) is 8.81. The molecule has 1 amide bonds. The van der Waals surface area contributed by atoms with Crippen molar-refractivity contribution < 1.29 is 19.2 Å². The molecule has 1 aliphatic rings. The number of benzene rings is 2. The normalized spacial score (nSPS) is 17.9. The van der Waals surface area contributed by atoms with Gasteiger partial charge in [0.05, 0.1) is 0 Å². The predicted octanol–water partition coefficient (Wildman–Crippen LogP) is 5.88. The summed E-state index contributed by atoms with van der Waals surface area (Å²) in [4.78, 5) is 30.2. The van der Waals surface area contributed by atoms with Crippen LogP contribution in [-0.2, 0) is 20.0 Å². The molecule has 6 nitrogen and oxygen atoms in total. The Bertz CT molecular complexity index is 986. The molecule has 0 saturated carbocycles. The number of ether oxygens (including phenoxy) is 1. The molecule has 2 aromatic rings. The lowest BCUT2D eigenvalue weighted by molar-refractivity contribution is -0.128. The van der Waals surface area contributed by atoms with Crippen molar-refractivity contribution in [1.29, 1.82) is 0 Å². The molecule has 174 valence electrons. The molecule has 1 heterocycles. The third kappa shape index (κ3) is 6.54. The number of carbonyl (C=O) groups is 2. The molecule has 2 aromatic carbocycles. The summed E-state index contributed by atoms with van der Waals surface area (Å²) in [5, 5.41) is 6.79. The molecular weight excluding hydrogens is 416 g/mol. The fourth-order valence-corrected chi connectivity index (χ4v) is 3.68. The highest BCUT2D eigenvalue weighted by Crippen LogP contribution is 2.36. The molecule has 1 N–H and O–H groups in total. The summed E-state index contributed by atoms with van der Waals surface area (Å²) in [6.45, 7) is 4.45. The monoisotopic (exact) mass is 448 g/mol. The molecule has 0 aliphatic carbocycles. The van der Waals surface area contributed by atoms with Crippen molar-refractivity contribution >= 4 is 17.6 Å². The minimum Gasteiger partial charge on any atom is -0.472 e. The van der Waals surface area contributed by atoms with Gasteiger partial charge in [-0.15, -0.1) is 0 Å². The summed E-state index contributed by atoms with van der Waals surface area (Å²) in [6, 6.07) is 18.5. The number of allylic oxidation sites excluding steroid dienone is 1. The molecule has 6 heteroatoms. The van der Waals surface area contributed by atoms with E-state index in [1.165, 1.54) is 31.8 Å². The number of carbonyl (C=O) groups excluding carboxylic acids is 2. The van der Waals surface area contributed by atoms with E-state index in [0.717, 1.165) is 18.4 Å². The topological polar surface area (TPSA) is 77.0 Å². The SMILES string of the molecule is CCCCCCCCNC(=O)O/N=C(\C1=CC(=O)C(C)(c2ccccc2)O1)c1ccccc1. The quantitative estimate of drug-likeness (QED) is 0.202. The number of oxime groups is 1. The van der Waals surface area contributed by atoms with Crippen LogP contribution in [0.15, 0.2) is 77.7 Å². The molecule has 0 saturated heterocycles. The maximum Gasteiger partial charge on any atom is 0.433 e. The summed E-state index contributed by atoms with van der Waals surface area (Å²) in [7, 11) is 0. The zero-order valence-electron chi connectivity index (χ0n) is 19.4. The Morgan fingerprint density at radius 2 is 1.61 bits per heavy atom. The molecule has 1 atom stereocenters. The fourth-order valence-electron chi connectivity index (χ4n) is 3.68. The molecule has 0 aromatic heterocycles. The Labute approximate surface area is 195 Å². The van der Waals surface area contributed by atoms with Crippen molar-refractivity contribution in [2.75, 3.05) is 6.54 Å². The zero-order valence-corrected chi connectivity index (χ0v) is 19.4. The van der Waals surface area contributed by atoms with Gasteiger partial charge in [-0.3, -0.25) is 9.63 Å². The summed E-state index contributed by atoms with van der Waals surface area (Å²) in [5.74, 6) is 0.0705. The molecule has 1 aliphatic heterocycles. The van der Waals surface area contributed by atoms with E-state index in [4.69, 9.17) is 9.57 Å². The summed E-state index contributed by atoms with van der Waals surface area (Å²) in [6.07, 6.45) is 7.59. The van der Waals surface area contributed by atoms with Crippen molar-refractivity contribution in [2.45, 2.75) is 58.0 Å². The number of hydrogen-bond acceptors (Lipinski definition) is 5. The Balaban J connectivity index is 1.67. The van der Waals surface area contributed by atoms with Gasteiger partial charge in [-0.05, 0) is 13.3 Å². The highest BCUT2D eigenvalue weighted by Gasteiger charge is 2.43. The van der Waals surface area contributed by atoms with Crippen molar-refractivity contribution in [3.05, 3.63) is 83.6 Å². The van der Waals surface area contributed by atoms with Crippen LogP contribution in [0.5, 0.6) is 0 Å². The lowest BCUT2D eigenvalue weighted by atomic mass is 9.92. The second-order valence-corrected chi connectivity index (χ2v) is 8.25. The number of hydrogen-bond donors (Lipinski definition) is 1. The van der Waals surface area contributed by atoms with E-state index in [2.05, 4.69) is 17.4 Å². The van der Waals surface area contributed by atoms with E-state index in [1.807, 2.05) is 60.7 Å². The summed E-state index contributed by atoms with van der Waals surface area (Å²) < 4.78 is 6.11. The zero-order chi connectivity index (χ0) is 23.5. The summed E-state index contributed by atoms with van der Waals surface area (Å²) >= 11 is 0. The minimum absolute atomic E-state index is 0.195. The maximum atomic E-state index is 12.9. The average Bonchev–Trinajstić information content (AvgIpc) is 3.15. The Morgan fingerprint density at radius 1 is 0.970 bits per heavy atom. The average molecular weight is 449 g/mol. The van der Waals surface area contributed by atoms with Gasteiger partial charge in [0.15, 0.2) is 17.1 Å². The van der Waals surface area contributed by atoms with Crippen LogP contribution < -0.4 is 5.32 Å². The largest absolute Gasteiger partial charge is 0.472 e. The molecule has 1 unspecified atom stereocenters. The molecule has 0 radical (unpaired) electrons. The first-order chi connectivity index (χ1) is 16.0. The maximum absolute atomic E-state index is 12.9. The number of ketones is 1. The van der Waals surface area contributed by atoms with Gasteiger partial charge in [-0.1, -0.05) is 105 Å². The smallest absolute Gasteiger partial charge is 0.433 e. The van der Waals surface area contributed by atoms with Crippen molar-refractivity contribution in [3.63, 3.8) is 0 Å². The fraction of sp³-hybridized carbons (Fsp3) is 0.370. The van der Waals surface area contributed by atoms with Crippen molar-refractivity contribution in [3.8, 4) is 0 Å². The third-order valence-corrected chi connectivity index (χ3v) is 5.67. The number of unbranched alkanes of at least 4 members (excludes halogenated alkanes) is 5. The van der Waals surface area contributed by atoms with Gasteiger partial charge < -0.3 is 10.1 Å². The van der Waals surface area contributed by atoms with Crippen LogP contribution in [-0.4, -0.2) is 24.1 Å². The standard InChI is InChI=1S/C27H32N2O4/c1-3-4-5-6-7-14-19-28-26(31)33-29-25(21-15-10-8-11-16-21)23-20-24(30)27(2,32-23)22-17-12-9-13-18-22/h8-13,15-18,20H,3-7,14,19H2,1-2H3,(H,28,31)/b29-25-. The first-order valence-corrected chi connectivity index (χ1v) is 11.6. The first-order valence-electron chi connectivity index (χ1n) is 11.6. The van der Waals surface area contributed by atoms with E-state index in [-0.39, 0.29) is 11.5 Å². The van der Waals surface area contributed by atoms with Crippen LogP contribution in [0.2, 0.25) is 0 Å². The molecule has 33 heavy (non-hydrogen) atoms. The van der Waals surface area contributed by atoms with Crippen LogP contribution in [0, 0.1) is 0 Å². The second-order valence-electron chi connectivity index (χ2n) is 8.25. The van der Waals surface area contributed by atoms with E-state index in [0.29, 0.717) is 17.8 Å². The highest BCUT2D eigenvalue weighted by molar-refractivity contribution is 6.16. The second kappa shape index (κ2) is 12.0.